The van der Waals surface area contributed by atoms with Crippen LogP contribution >= 0.6 is 0 Å². The first kappa shape index (κ1) is 17.6. The van der Waals surface area contributed by atoms with Crippen LogP contribution in [0.1, 0.15) is 20.7 Å². The van der Waals surface area contributed by atoms with Gasteiger partial charge in [-0.3, -0.25) is 14.6 Å². The van der Waals surface area contributed by atoms with Gasteiger partial charge >= 0.3 is 0 Å². The topological polar surface area (TPSA) is 65.5 Å². The number of likely N-dealkylation sites (N-methyl/N-ethyl adjacent to an activating group) is 1. The Morgan fingerprint density at radius 2 is 1.71 bits per heavy atom. The summed E-state index contributed by atoms with van der Waals surface area (Å²) in [4.78, 5) is 32.3. The molecule has 6 heteroatoms. The van der Waals surface area contributed by atoms with Gasteiger partial charge in [-0.2, -0.15) is 0 Å². The Balaban J connectivity index is 2.09. The molecule has 1 heterocycles. The van der Waals surface area contributed by atoms with E-state index in [0.29, 0.717) is 17.7 Å². The second kappa shape index (κ2) is 8.21. The van der Waals surface area contributed by atoms with Gasteiger partial charge in [0.05, 0.1) is 11.1 Å². The standard InChI is InChI=1S/C18H22N4O2/c1-21(2)10-9-20-17(23)14-11-15(13-19-12-14)18(24)22(3)16-7-5-4-6-8-16/h4-8,11-13H,9-10H2,1-3H3,(H,20,23). The lowest BCUT2D eigenvalue weighted by Gasteiger charge is -2.17. The molecule has 1 aromatic carbocycles. The van der Waals surface area contributed by atoms with Crippen LogP contribution in [0.3, 0.4) is 0 Å². The molecule has 1 N–H and O–H groups in total. The fraction of sp³-hybridized carbons (Fsp3) is 0.278. The van der Waals surface area contributed by atoms with E-state index in [2.05, 4.69) is 10.3 Å². The normalized spacial score (nSPS) is 10.5. The second-order valence-electron chi connectivity index (χ2n) is 5.72. The van der Waals surface area contributed by atoms with Crippen LogP contribution in [0.4, 0.5) is 5.69 Å². The highest BCUT2D eigenvalue weighted by Crippen LogP contribution is 2.15. The van der Waals surface area contributed by atoms with Crippen LogP contribution in [0.15, 0.2) is 48.8 Å². The summed E-state index contributed by atoms with van der Waals surface area (Å²) in [6.07, 6.45) is 2.93. The number of carbonyl (C=O) groups is 2. The summed E-state index contributed by atoms with van der Waals surface area (Å²) >= 11 is 0. The van der Waals surface area contributed by atoms with Crippen molar-refractivity contribution in [2.24, 2.45) is 0 Å². The molecule has 0 bridgehead atoms. The maximum atomic E-state index is 12.6. The summed E-state index contributed by atoms with van der Waals surface area (Å²) in [6, 6.07) is 10.9. The minimum Gasteiger partial charge on any atom is -0.351 e. The van der Waals surface area contributed by atoms with Crippen LogP contribution in [0, 0.1) is 0 Å². The summed E-state index contributed by atoms with van der Waals surface area (Å²) in [7, 11) is 5.57. The lowest BCUT2D eigenvalue weighted by molar-refractivity contribution is 0.0950. The lowest BCUT2D eigenvalue weighted by atomic mass is 10.1. The van der Waals surface area contributed by atoms with Crippen molar-refractivity contribution in [3.8, 4) is 0 Å². The highest BCUT2D eigenvalue weighted by molar-refractivity contribution is 6.07. The van der Waals surface area contributed by atoms with Gasteiger partial charge in [-0.05, 0) is 32.3 Å². The van der Waals surface area contributed by atoms with Crippen LogP contribution < -0.4 is 10.2 Å². The SMILES string of the molecule is CN(C)CCNC(=O)c1cncc(C(=O)N(C)c2ccccc2)c1. The molecule has 0 aliphatic heterocycles. The molecule has 0 aliphatic rings. The Hall–Kier alpha value is -2.73. The molecule has 6 nitrogen and oxygen atoms in total. The Labute approximate surface area is 142 Å². The van der Waals surface area contributed by atoms with Gasteiger partial charge in [-0.25, -0.2) is 0 Å². The van der Waals surface area contributed by atoms with E-state index < -0.39 is 0 Å². The number of benzene rings is 1. The van der Waals surface area contributed by atoms with Crippen molar-refractivity contribution >= 4 is 17.5 Å². The third-order valence-corrected chi connectivity index (χ3v) is 3.54. The van der Waals surface area contributed by atoms with Crippen molar-refractivity contribution in [3.63, 3.8) is 0 Å². The van der Waals surface area contributed by atoms with Gasteiger partial charge in [-0.15, -0.1) is 0 Å². The van der Waals surface area contributed by atoms with Gasteiger partial charge in [0.15, 0.2) is 0 Å². The first-order chi connectivity index (χ1) is 11.5. The molecular formula is C18H22N4O2. The van der Waals surface area contributed by atoms with Gasteiger partial charge in [0, 0.05) is 38.2 Å². The molecule has 0 spiro atoms. The number of amides is 2. The molecule has 24 heavy (non-hydrogen) atoms. The van der Waals surface area contributed by atoms with Crippen molar-refractivity contribution in [2.45, 2.75) is 0 Å². The summed E-state index contributed by atoms with van der Waals surface area (Å²) < 4.78 is 0. The summed E-state index contributed by atoms with van der Waals surface area (Å²) in [5, 5.41) is 2.81. The summed E-state index contributed by atoms with van der Waals surface area (Å²) in [6.45, 7) is 1.28. The number of hydrogen-bond donors (Lipinski definition) is 1. The van der Waals surface area contributed by atoms with Crippen LogP contribution in [0.25, 0.3) is 0 Å². The first-order valence-corrected chi connectivity index (χ1v) is 7.70. The van der Waals surface area contributed by atoms with E-state index in [-0.39, 0.29) is 11.8 Å². The number of nitrogens with zero attached hydrogens (tertiary/aromatic N) is 3. The van der Waals surface area contributed by atoms with Crippen LogP contribution in [-0.4, -0.2) is 55.9 Å². The number of para-hydroxylation sites is 1. The molecule has 2 rings (SSSR count). The van der Waals surface area contributed by atoms with Crippen molar-refractivity contribution in [1.82, 2.24) is 15.2 Å². The largest absolute Gasteiger partial charge is 0.351 e. The van der Waals surface area contributed by atoms with E-state index in [1.165, 1.54) is 17.3 Å². The zero-order valence-electron chi connectivity index (χ0n) is 14.2. The smallest absolute Gasteiger partial charge is 0.259 e. The maximum absolute atomic E-state index is 12.6. The van der Waals surface area contributed by atoms with E-state index in [1.54, 1.807) is 13.1 Å². The van der Waals surface area contributed by atoms with Gasteiger partial charge in [0.1, 0.15) is 0 Å². The van der Waals surface area contributed by atoms with Crippen LogP contribution in [0.5, 0.6) is 0 Å². The molecule has 0 saturated heterocycles. The fourth-order valence-corrected chi connectivity index (χ4v) is 2.14. The maximum Gasteiger partial charge on any atom is 0.259 e. The Kier molecular flexibility index (Phi) is 6.03. The van der Waals surface area contributed by atoms with Crippen molar-refractivity contribution in [2.75, 3.05) is 39.1 Å². The molecule has 0 radical (unpaired) electrons. The van der Waals surface area contributed by atoms with Crippen LogP contribution in [0.2, 0.25) is 0 Å². The zero-order valence-corrected chi connectivity index (χ0v) is 14.2. The van der Waals surface area contributed by atoms with Gasteiger partial charge in [0.2, 0.25) is 0 Å². The molecule has 0 atom stereocenters. The monoisotopic (exact) mass is 326 g/mol. The average Bonchev–Trinajstić information content (AvgIpc) is 2.61. The van der Waals surface area contributed by atoms with Crippen molar-refractivity contribution in [1.29, 1.82) is 0 Å². The molecule has 0 aliphatic carbocycles. The van der Waals surface area contributed by atoms with Crippen molar-refractivity contribution in [3.05, 3.63) is 59.9 Å². The number of carbonyl (C=O) groups excluding carboxylic acids is 2. The minimum atomic E-state index is -0.235. The highest BCUT2D eigenvalue weighted by atomic mass is 16.2. The quantitative estimate of drug-likeness (QED) is 0.876. The molecule has 2 amide bonds. The first-order valence-electron chi connectivity index (χ1n) is 7.70. The van der Waals surface area contributed by atoms with E-state index in [0.717, 1.165) is 12.2 Å². The predicted octanol–water partition coefficient (Wildman–Crippen LogP) is 1.65. The number of rotatable bonds is 6. The number of anilines is 1. The van der Waals surface area contributed by atoms with E-state index >= 15 is 0 Å². The average molecular weight is 326 g/mol. The van der Waals surface area contributed by atoms with Gasteiger partial charge < -0.3 is 15.1 Å². The molecule has 0 unspecified atom stereocenters. The number of pyridine rings is 1. The third-order valence-electron chi connectivity index (χ3n) is 3.54. The zero-order chi connectivity index (χ0) is 17.5. The fourth-order valence-electron chi connectivity index (χ4n) is 2.14. The van der Waals surface area contributed by atoms with E-state index in [9.17, 15) is 9.59 Å². The highest BCUT2D eigenvalue weighted by Gasteiger charge is 2.16. The van der Waals surface area contributed by atoms with E-state index in [4.69, 9.17) is 0 Å². The number of aromatic nitrogens is 1. The van der Waals surface area contributed by atoms with Gasteiger partial charge in [0.25, 0.3) is 11.8 Å². The summed E-state index contributed by atoms with van der Waals surface area (Å²) in [5.74, 6) is -0.446. The second-order valence-corrected chi connectivity index (χ2v) is 5.72. The van der Waals surface area contributed by atoms with Crippen LogP contribution in [-0.2, 0) is 0 Å². The van der Waals surface area contributed by atoms with Gasteiger partial charge in [-0.1, -0.05) is 18.2 Å². The summed E-state index contributed by atoms with van der Waals surface area (Å²) in [5.41, 5.74) is 1.53. The lowest BCUT2D eigenvalue weighted by Crippen LogP contribution is -2.32. The molecule has 0 saturated carbocycles. The van der Waals surface area contributed by atoms with E-state index in [1.807, 2.05) is 49.3 Å². The molecular weight excluding hydrogens is 304 g/mol. The molecule has 1 aromatic heterocycles. The molecule has 2 aromatic rings. The Morgan fingerprint density at radius 3 is 2.38 bits per heavy atom. The third kappa shape index (κ3) is 4.63. The minimum absolute atomic E-state index is 0.211. The molecule has 0 fully saturated rings. The Morgan fingerprint density at radius 1 is 1.04 bits per heavy atom. The number of hydrogen-bond acceptors (Lipinski definition) is 4. The van der Waals surface area contributed by atoms with Crippen molar-refractivity contribution < 1.29 is 9.59 Å². The number of nitrogens with one attached hydrogen (secondary N) is 1. The predicted molar refractivity (Wildman–Crippen MR) is 94.3 cm³/mol. The Bertz CT molecular complexity index is 701. The molecule has 126 valence electrons.